The fourth-order valence-electron chi connectivity index (χ4n) is 2.58. The van der Waals surface area contributed by atoms with Gasteiger partial charge in [0.1, 0.15) is 5.82 Å². The van der Waals surface area contributed by atoms with E-state index in [4.69, 9.17) is 5.73 Å². The van der Waals surface area contributed by atoms with Gasteiger partial charge in [-0.25, -0.2) is 4.98 Å². The fourth-order valence-corrected chi connectivity index (χ4v) is 2.58. The third kappa shape index (κ3) is 3.80. The second-order valence-electron chi connectivity index (χ2n) is 5.01. The molecule has 120 valence electrons. The fraction of sp³-hybridized carbons (Fsp3) is 0.333. The number of aromatic nitrogens is 2. The highest BCUT2D eigenvalue weighted by molar-refractivity contribution is 5.92. The Labute approximate surface area is 142 Å². The van der Waals surface area contributed by atoms with Crippen molar-refractivity contribution in [3.8, 4) is 11.4 Å². The van der Waals surface area contributed by atoms with Crippen LogP contribution in [-0.4, -0.2) is 22.0 Å². The van der Waals surface area contributed by atoms with Gasteiger partial charge in [-0.05, 0) is 43.5 Å². The first-order valence-corrected chi connectivity index (χ1v) is 6.92. The van der Waals surface area contributed by atoms with E-state index in [2.05, 4.69) is 14.9 Å². The number of nitrogens with two attached hydrogens (primary N) is 1. The normalized spacial score (nSPS) is 12.6. The number of imidazole rings is 1. The lowest BCUT2D eigenvalue weighted by Gasteiger charge is -2.16. The monoisotopic (exact) mass is 342 g/mol. The van der Waals surface area contributed by atoms with Gasteiger partial charge in [0.2, 0.25) is 5.91 Å². The summed E-state index contributed by atoms with van der Waals surface area (Å²) in [4.78, 5) is 15.8. The summed E-state index contributed by atoms with van der Waals surface area (Å²) in [5, 5.41) is 2.74. The van der Waals surface area contributed by atoms with Crippen molar-refractivity contribution in [2.45, 2.75) is 25.8 Å². The molecule has 1 amide bonds. The van der Waals surface area contributed by atoms with Gasteiger partial charge >= 0.3 is 0 Å². The smallest absolute Gasteiger partial charge is 0.238 e. The van der Waals surface area contributed by atoms with Crippen LogP contribution in [0.1, 0.15) is 18.5 Å². The van der Waals surface area contributed by atoms with Crippen molar-refractivity contribution in [2.24, 2.45) is 5.73 Å². The summed E-state index contributed by atoms with van der Waals surface area (Å²) in [5.74, 6) is 0.826. The zero-order valence-electron chi connectivity index (χ0n) is 12.1. The van der Waals surface area contributed by atoms with Gasteiger partial charge in [0.05, 0.1) is 6.54 Å². The number of amides is 1. The maximum atomic E-state index is 11.2. The van der Waals surface area contributed by atoms with Crippen LogP contribution in [0.3, 0.4) is 0 Å². The molecule has 1 aromatic heterocycles. The van der Waals surface area contributed by atoms with Gasteiger partial charge in [0, 0.05) is 29.7 Å². The minimum absolute atomic E-state index is 0. The average Bonchev–Trinajstić information content (AvgIpc) is 2.92. The Morgan fingerprint density at radius 2 is 1.95 bits per heavy atom. The highest BCUT2D eigenvalue weighted by Gasteiger charge is 2.14. The number of carbonyl (C=O) groups excluding carboxylic acids is 1. The van der Waals surface area contributed by atoms with Crippen molar-refractivity contribution in [1.82, 2.24) is 9.55 Å². The maximum Gasteiger partial charge on any atom is 0.238 e. The molecule has 0 fully saturated rings. The number of carbonyl (C=O) groups is 1. The molecule has 0 radical (unpaired) electrons. The molecule has 0 saturated carbocycles. The number of nitrogens with zero attached hydrogens (tertiary/aromatic N) is 2. The second-order valence-corrected chi connectivity index (χ2v) is 5.01. The molecule has 2 aromatic rings. The number of anilines is 1. The zero-order valence-corrected chi connectivity index (χ0v) is 13.8. The predicted octanol–water partition coefficient (Wildman–Crippen LogP) is 2.63. The first kappa shape index (κ1) is 18.5. The molecule has 7 heteroatoms. The first-order valence-electron chi connectivity index (χ1n) is 6.92. The SMILES string of the molecule is Cl.Cl.NCC(=O)Nc1ccc(-c2ncc3n2CCCC3)cc1. The summed E-state index contributed by atoms with van der Waals surface area (Å²) in [6.07, 6.45) is 5.53. The van der Waals surface area contributed by atoms with E-state index in [1.54, 1.807) is 0 Å². The van der Waals surface area contributed by atoms with E-state index < -0.39 is 0 Å². The van der Waals surface area contributed by atoms with E-state index in [-0.39, 0.29) is 37.3 Å². The van der Waals surface area contributed by atoms with Crippen LogP contribution in [0.2, 0.25) is 0 Å². The van der Waals surface area contributed by atoms with E-state index in [0.717, 1.165) is 30.0 Å². The quantitative estimate of drug-likeness (QED) is 0.900. The van der Waals surface area contributed by atoms with E-state index >= 15 is 0 Å². The third-order valence-electron chi connectivity index (χ3n) is 3.62. The highest BCUT2D eigenvalue weighted by atomic mass is 35.5. The Morgan fingerprint density at radius 3 is 2.64 bits per heavy atom. The molecule has 3 rings (SSSR count). The molecule has 0 aliphatic carbocycles. The van der Waals surface area contributed by atoms with Crippen molar-refractivity contribution in [2.75, 3.05) is 11.9 Å². The molecule has 1 aromatic carbocycles. The molecule has 1 aliphatic rings. The Balaban J connectivity index is 0.00000121. The minimum Gasteiger partial charge on any atom is -0.328 e. The Morgan fingerprint density at radius 1 is 1.23 bits per heavy atom. The molecule has 22 heavy (non-hydrogen) atoms. The molecule has 2 heterocycles. The van der Waals surface area contributed by atoms with Gasteiger partial charge in [-0.2, -0.15) is 0 Å². The summed E-state index contributed by atoms with van der Waals surface area (Å²) in [5.41, 5.74) is 8.42. The number of hydrogen-bond donors (Lipinski definition) is 2. The molecule has 0 unspecified atom stereocenters. The average molecular weight is 343 g/mol. The lowest BCUT2D eigenvalue weighted by Crippen LogP contribution is -2.21. The van der Waals surface area contributed by atoms with E-state index in [9.17, 15) is 4.79 Å². The van der Waals surface area contributed by atoms with Crippen molar-refractivity contribution >= 4 is 36.4 Å². The standard InChI is InChI=1S/C15H18N4O.2ClH/c16-9-14(20)18-12-6-4-11(5-7-12)15-17-10-13-3-1-2-8-19(13)15;;/h4-7,10H,1-3,8-9,16H2,(H,18,20);2*1H. The molecule has 0 spiro atoms. The number of halogens is 2. The van der Waals surface area contributed by atoms with Gasteiger partial charge < -0.3 is 15.6 Å². The Bertz CT molecular complexity index is 625. The van der Waals surface area contributed by atoms with Gasteiger partial charge in [-0.15, -0.1) is 24.8 Å². The number of rotatable bonds is 3. The molecular weight excluding hydrogens is 323 g/mol. The van der Waals surface area contributed by atoms with Crippen LogP contribution in [-0.2, 0) is 17.8 Å². The Kier molecular flexibility index (Phi) is 6.87. The number of nitrogens with one attached hydrogen (secondary N) is 1. The van der Waals surface area contributed by atoms with E-state index in [1.165, 1.54) is 18.5 Å². The van der Waals surface area contributed by atoms with Crippen LogP contribution in [0.4, 0.5) is 5.69 Å². The van der Waals surface area contributed by atoms with Gasteiger partial charge in [-0.3, -0.25) is 4.79 Å². The largest absolute Gasteiger partial charge is 0.328 e. The predicted molar refractivity (Wildman–Crippen MR) is 92.8 cm³/mol. The van der Waals surface area contributed by atoms with Crippen molar-refractivity contribution in [3.63, 3.8) is 0 Å². The lowest BCUT2D eigenvalue weighted by molar-refractivity contribution is -0.114. The minimum atomic E-state index is -0.184. The molecule has 1 aliphatic heterocycles. The summed E-state index contributed by atoms with van der Waals surface area (Å²) in [6, 6.07) is 7.73. The topological polar surface area (TPSA) is 72.9 Å². The summed E-state index contributed by atoms with van der Waals surface area (Å²) in [7, 11) is 0. The highest BCUT2D eigenvalue weighted by Crippen LogP contribution is 2.25. The zero-order chi connectivity index (χ0) is 13.9. The lowest BCUT2D eigenvalue weighted by atomic mass is 10.1. The number of benzene rings is 1. The molecular formula is C15H20Cl2N4O. The van der Waals surface area contributed by atoms with Gasteiger partial charge in [0.15, 0.2) is 0 Å². The van der Waals surface area contributed by atoms with Crippen molar-refractivity contribution in [1.29, 1.82) is 0 Å². The summed E-state index contributed by atoms with van der Waals surface area (Å²) < 4.78 is 2.29. The van der Waals surface area contributed by atoms with Crippen LogP contribution < -0.4 is 11.1 Å². The number of aryl methyl sites for hydroxylation is 1. The molecule has 0 atom stereocenters. The van der Waals surface area contributed by atoms with Crippen LogP contribution in [0.5, 0.6) is 0 Å². The summed E-state index contributed by atoms with van der Waals surface area (Å²) >= 11 is 0. The number of fused-ring (bicyclic) bond motifs is 1. The van der Waals surface area contributed by atoms with Gasteiger partial charge in [-0.1, -0.05) is 0 Å². The molecule has 0 bridgehead atoms. The first-order chi connectivity index (χ1) is 9.78. The van der Waals surface area contributed by atoms with E-state index in [1.807, 2.05) is 30.5 Å². The molecule has 5 nitrogen and oxygen atoms in total. The summed E-state index contributed by atoms with van der Waals surface area (Å²) in [6.45, 7) is 1.03. The van der Waals surface area contributed by atoms with Crippen LogP contribution in [0.25, 0.3) is 11.4 Å². The van der Waals surface area contributed by atoms with Crippen LogP contribution in [0.15, 0.2) is 30.5 Å². The van der Waals surface area contributed by atoms with Crippen molar-refractivity contribution in [3.05, 3.63) is 36.2 Å². The van der Waals surface area contributed by atoms with E-state index in [0.29, 0.717) is 0 Å². The van der Waals surface area contributed by atoms with Gasteiger partial charge in [0.25, 0.3) is 0 Å². The maximum absolute atomic E-state index is 11.2. The molecule has 3 N–H and O–H groups in total. The second kappa shape index (κ2) is 8.17. The molecule has 0 saturated heterocycles. The third-order valence-corrected chi connectivity index (χ3v) is 3.62. The Hall–Kier alpha value is -1.56. The van der Waals surface area contributed by atoms with Crippen LogP contribution >= 0.6 is 24.8 Å². The van der Waals surface area contributed by atoms with Crippen molar-refractivity contribution < 1.29 is 4.79 Å². The number of hydrogen-bond acceptors (Lipinski definition) is 3. The van der Waals surface area contributed by atoms with Crippen LogP contribution in [0, 0.1) is 0 Å².